The maximum absolute atomic E-state index is 12.6. The smallest absolute Gasteiger partial charge is 0.350 e. The Bertz CT molecular complexity index is 1020. The van der Waals surface area contributed by atoms with Crippen molar-refractivity contribution in [2.24, 2.45) is 0 Å². The Morgan fingerprint density at radius 1 is 1.00 bits per heavy atom. The maximum Gasteiger partial charge on any atom is 0.416 e. The van der Waals surface area contributed by atoms with Crippen LogP contribution in [0.1, 0.15) is 15.9 Å². The predicted octanol–water partition coefficient (Wildman–Crippen LogP) is 2.75. The molecule has 2 heterocycles. The van der Waals surface area contributed by atoms with Gasteiger partial charge in [0.05, 0.1) is 17.8 Å². The highest BCUT2D eigenvalue weighted by molar-refractivity contribution is 5.94. The van der Waals surface area contributed by atoms with Gasteiger partial charge in [-0.2, -0.15) is 18.3 Å². The first-order valence-corrected chi connectivity index (χ1v) is 8.28. The number of alkyl halides is 3. The van der Waals surface area contributed by atoms with Gasteiger partial charge in [0, 0.05) is 36.1 Å². The van der Waals surface area contributed by atoms with E-state index in [0.29, 0.717) is 5.69 Å². The van der Waals surface area contributed by atoms with Crippen LogP contribution in [0.4, 0.5) is 13.2 Å². The number of halogens is 3. The normalized spacial score (nSPS) is 11.2. The Labute approximate surface area is 157 Å². The molecule has 0 saturated heterocycles. The first-order chi connectivity index (χ1) is 13.3. The Morgan fingerprint density at radius 3 is 2.32 bits per heavy atom. The molecule has 0 aliphatic carbocycles. The van der Waals surface area contributed by atoms with Crippen LogP contribution in [-0.4, -0.2) is 27.2 Å². The van der Waals surface area contributed by atoms with Crippen LogP contribution in [0.15, 0.2) is 65.7 Å². The number of amides is 1. The quantitative estimate of drug-likeness (QED) is 0.729. The highest BCUT2D eigenvalue weighted by Gasteiger charge is 2.30. The molecule has 2 aromatic heterocycles. The van der Waals surface area contributed by atoms with E-state index < -0.39 is 17.6 Å². The third-order valence-electron chi connectivity index (χ3n) is 3.93. The zero-order chi connectivity index (χ0) is 20.1. The minimum atomic E-state index is -4.46. The van der Waals surface area contributed by atoms with Crippen molar-refractivity contribution in [3.63, 3.8) is 0 Å². The van der Waals surface area contributed by atoms with Crippen LogP contribution in [0.2, 0.25) is 0 Å². The standard InChI is InChI=1S/C19H15F3N4O2/c20-19(21,22)15-3-1-14(2-4-15)18(28)24-11-12-26-17(27)6-5-16(25-26)13-7-9-23-10-8-13/h1-10H,11-12H2,(H,24,28). The molecule has 3 aromatic rings. The number of carbonyl (C=O) groups excluding carboxylic acids is 1. The molecular weight excluding hydrogens is 373 g/mol. The van der Waals surface area contributed by atoms with Crippen molar-refractivity contribution in [1.82, 2.24) is 20.1 Å². The summed E-state index contributed by atoms with van der Waals surface area (Å²) in [6.45, 7) is 0.205. The molecule has 0 spiro atoms. The fourth-order valence-corrected chi connectivity index (χ4v) is 2.47. The number of hydrogen-bond donors (Lipinski definition) is 1. The van der Waals surface area contributed by atoms with E-state index in [1.165, 1.54) is 10.7 Å². The largest absolute Gasteiger partial charge is 0.416 e. The fourth-order valence-electron chi connectivity index (χ4n) is 2.47. The lowest BCUT2D eigenvalue weighted by molar-refractivity contribution is -0.137. The molecule has 9 heteroatoms. The minimum absolute atomic E-state index is 0.0898. The van der Waals surface area contributed by atoms with Gasteiger partial charge in [-0.25, -0.2) is 4.68 Å². The third-order valence-corrected chi connectivity index (χ3v) is 3.93. The maximum atomic E-state index is 12.6. The molecule has 1 amide bonds. The van der Waals surface area contributed by atoms with E-state index in [9.17, 15) is 22.8 Å². The van der Waals surface area contributed by atoms with E-state index in [0.717, 1.165) is 29.8 Å². The number of carbonyl (C=O) groups is 1. The van der Waals surface area contributed by atoms with Crippen LogP contribution in [0.5, 0.6) is 0 Å². The van der Waals surface area contributed by atoms with Gasteiger partial charge in [0.2, 0.25) is 0 Å². The number of nitrogens with zero attached hydrogens (tertiary/aromatic N) is 3. The lowest BCUT2D eigenvalue weighted by Crippen LogP contribution is -2.32. The molecule has 144 valence electrons. The van der Waals surface area contributed by atoms with Crippen LogP contribution in [-0.2, 0) is 12.7 Å². The summed E-state index contributed by atoms with van der Waals surface area (Å²) in [4.78, 5) is 27.9. The highest BCUT2D eigenvalue weighted by atomic mass is 19.4. The summed E-state index contributed by atoms with van der Waals surface area (Å²) in [5, 5.41) is 6.81. The number of nitrogens with one attached hydrogen (secondary N) is 1. The summed E-state index contributed by atoms with van der Waals surface area (Å²) in [5.41, 5.74) is 0.307. The van der Waals surface area contributed by atoms with Crippen LogP contribution in [0.3, 0.4) is 0 Å². The van der Waals surface area contributed by atoms with Gasteiger partial charge in [0.15, 0.2) is 0 Å². The van der Waals surface area contributed by atoms with Gasteiger partial charge >= 0.3 is 6.18 Å². The first-order valence-electron chi connectivity index (χ1n) is 8.28. The van der Waals surface area contributed by atoms with Gasteiger partial charge in [0.25, 0.3) is 11.5 Å². The Hall–Kier alpha value is -3.49. The molecule has 1 aromatic carbocycles. The average Bonchev–Trinajstić information content (AvgIpc) is 2.69. The lowest BCUT2D eigenvalue weighted by Gasteiger charge is -2.10. The van der Waals surface area contributed by atoms with Gasteiger partial charge in [-0.3, -0.25) is 14.6 Å². The summed E-state index contributed by atoms with van der Waals surface area (Å²) >= 11 is 0. The lowest BCUT2D eigenvalue weighted by atomic mass is 10.1. The second kappa shape index (κ2) is 8.03. The highest BCUT2D eigenvalue weighted by Crippen LogP contribution is 2.29. The summed E-state index contributed by atoms with van der Waals surface area (Å²) in [5.74, 6) is -0.535. The van der Waals surface area contributed by atoms with E-state index in [-0.39, 0.29) is 24.2 Å². The number of aromatic nitrogens is 3. The summed E-state index contributed by atoms with van der Waals surface area (Å²) in [6.07, 6.45) is -1.24. The second-order valence-corrected chi connectivity index (χ2v) is 5.85. The van der Waals surface area contributed by atoms with E-state index in [1.807, 2.05) is 0 Å². The SMILES string of the molecule is O=C(NCCn1nc(-c2ccncc2)ccc1=O)c1ccc(C(F)(F)F)cc1. The molecule has 0 bridgehead atoms. The zero-order valence-corrected chi connectivity index (χ0v) is 14.5. The Balaban J connectivity index is 1.63. The Morgan fingerprint density at radius 2 is 1.68 bits per heavy atom. The van der Waals surface area contributed by atoms with Crippen LogP contribution < -0.4 is 10.9 Å². The van der Waals surface area contributed by atoms with Crippen molar-refractivity contribution in [3.05, 3.63) is 82.4 Å². The number of pyridine rings is 1. The van der Waals surface area contributed by atoms with E-state index >= 15 is 0 Å². The molecule has 6 nitrogen and oxygen atoms in total. The molecule has 0 radical (unpaired) electrons. The first kappa shape index (κ1) is 19.3. The molecule has 28 heavy (non-hydrogen) atoms. The molecule has 0 aliphatic heterocycles. The van der Waals surface area contributed by atoms with Gasteiger partial charge in [-0.1, -0.05) is 0 Å². The van der Waals surface area contributed by atoms with Gasteiger partial charge < -0.3 is 5.32 Å². The van der Waals surface area contributed by atoms with Crippen molar-refractivity contribution in [1.29, 1.82) is 0 Å². The molecule has 0 unspecified atom stereocenters. The van der Waals surface area contributed by atoms with Gasteiger partial charge in [-0.05, 0) is 42.5 Å². The second-order valence-electron chi connectivity index (χ2n) is 5.85. The molecule has 0 fully saturated rings. The molecule has 0 aliphatic rings. The topological polar surface area (TPSA) is 76.9 Å². The van der Waals surface area contributed by atoms with E-state index in [4.69, 9.17) is 0 Å². The average molecular weight is 388 g/mol. The summed E-state index contributed by atoms with van der Waals surface area (Å²) < 4.78 is 38.9. The van der Waals surface area contributed by atoms with Crippen LogP contribution in [0, 0.1) is 0 Å². The van der Waals surface area contributed by atoms with Crippen molar-refractivity contribution >= 4 is 5.91 Å². The van der Waals surface area contributed by atoms with Crippen LogP contribution in [0.25, 0.3) is 11.3 Å². The van der Waals surface area contributed by atoms with Crippen LogP contribution >= 0.6 is 0 Å². The third kappa shape index (κ3) is 4.61. The minimum Gasteiger partial charge on any atom is -0.350 e. The van der Waals surface area contributed by atoms with Crippen molar-refractivity contribution in [2.75, 3.05) is 6.54 Å². The van der Waals surface area contributed by atoms with E-state index in [1.54, 1.807) is 30.6 Å². The number of hydrogen-bond acceptors (Lipinski definition) is 4. The fraction of sp³-hybridized carbons (Fsp3) is 0.158. The summed E-state index contributed by atoms with van der Waals surface area (Å²) in [6, 6.07) is 10.4. The van der Waals surface area contributed by atoms with Crippen molar-refractivity contribution < 1.29 is 18.0 Å². The predicted molar refractivity (Wildman–Crippen MR) is 95.5 cm³/mol. The molecule has 3 rings (SSSR count). The number of benzene rings is 1. The molecule has 1 N–H and O–H groups in total. The zero-order valence-electron chi connectivity index (χ0n) is 14.5. The molecule has 0 atom stereocenters. The van der Waals surface area contributed by atoms with Crippen molar-refractivity contribution in [3.8, 4) is 11.3 Å². The number of rotatable bonds is 5. The monoisotopic (exact) mass is 388 g/mol. The van der Waals surface area contributed by atoms with E-state index in [2.05, 4.69) is 15.4 Å². The molecular formula is C19H15F3N4O2. The van der Waals surface area contributed by atoms with Crippen molar-refractivity contribution in [2.45, 2.75) is 12.7 Å². The summed E-state index contributed by atoms with van der Waals surface area (Å²) in [7, 11) is 0. The Kier molecular flexibility index (Phi) is 5.53. The molecule has 0 saturated carbocycles. The van der Waals surface area contributed by atoms with Gasteiger partial charge in [-0.15, -0.1) is 0 Å². The van der Waals surface area contributed by atoms with Gasteiger partial charge in [0.1, 0.15) is 0 Å².